The first kappa shape index (κ1) is 13.7. The van der Waals surface area contributed by atoms with Crippen molar-refractivity contribution in [2.75, 3.05) is 19.4 Å². The minimum Gasteiger partial charge on any atom is -0.441 e. The highest BCUT2D eigenvalue weighted by molar-refractivity contribution is 7.85. The number of carbonyl (C=O) groups is 2. The maximum atomic E-state index is 11.0. The zero-order valence-electron chi connectivity index (χ0n) is 9.43. The number of cyclic esters (lactones) is 1. The lowest BCUT2D eigenvalue weighted by molar-refractivity contribution is -0.119. The molecule has 0 saturated carbocycles. The second-order valence-corrected chi connectivity index (χ2v) is 5.26. The summed E-state index contributed by atoms with van der Waals surface area (Å²) in [6.45, 7) is 1.21. The highest BCUT2D eigenvalue weighted by Crippen LogP contribution is 2.09. The molecule has 0 spiro atoms. The van der Waals surface area contributed by atoms with Crippen LogP contribution < -0.4 is 10.6 Å². The molecule has 0 aromatic rings. The molecule has 2 unspecified atom stereocenters. The molecule has 2 amide bonds. The van der Waals surface area contributed by atoms with Crippen LogP contribution in [0.15, 0.2) is 0 Å². The van der Waals surface area contributed by atoms with E-state index >= 15 is 0 Å². The number of carbonyl (C=O) groups excluding carboxylic acids is 2. The highest BCUT2D eigenvalue weighted by atomic mass is 32.2. The van der Waals surface area contributed by atoms with E-state index in [0.29, 0.717) is 0 Å². The van der Waals surface area contributed by atoms with E-state index in [2.05, 4.69) is 14.8 Å². The topological polar surface area (TPSA) is 111 Å². The van der Waals surface area contributed by atoms with Crippen molar-refractivity contribution < 1.29 is 26.9 Å². The molecule has 0 aromatic heterocycles. The van der Waals surface area contributed by atoms with Gasteiger partial charge in [0.1, 0.15) is 6.61 Å². The van der Waals surface area contributed by atoms with Gasteiger partial charge in [-0.15, -0.1) is 0 Å². The largest absolute Gasteiger partial charge is 0.441 e. The number of amides is 2. The summed E-state index contributed by atoms with van der Waals surface area (Å²) >= 11 is 0. The van der Waals surface area contributed by atoms with Crippen LogP contribution in [0.1, 0.15) is 6.92 Å². The Labute approximate surface area is 98.8 Å². The molecular formula is C8H14N2O6S. The van der Waals surface area contributed by atoms with Crippen molar-refractivity contribution in [3.63, 3.8) is 0 Å². The molecule has 0 aliphatic carbocycles. The average molecular weight is 266 g/mol. The lowest BCUT2D eigenvalue weighted by Gasteiger charge is -2.16. The van der Waals surface area contributed by atoms with Crippen molar-refractivity contribution >= 4 is 22.1 Å². The lowest BCUT2D eigenvalue weighted by atomic mass is 10.2. The summed E-state index contributed by atoms with van der Waals surface area (Å²) < 4.78 is 30.9. The molecule has 1 aliphatic heterocycles. The van der Waals surface area contributed by atoms with Crippen LogP contribution in [0.3, 0.4) is 0 Å². The Bertz CT molecular complexity index is 406. The quantitative estimate of drug-likeness (QED) is 0.591. The van der Waals surface area contributed by atoms with Gasteiger partial charge >= 0.3 is 6.09 Å². The number of rotatable bonds is 5. The molecule has 0 bridgehead atoms. The van der Waals surface area contributed by atoms with Gasteiger partial charge < -0.3 is 15.4 Å². The summed E-state index contributed by atoms with van der Waals surface area (Å²) in [4.78, 5) is 21.7. The molecule has 9 heteroatoms. The van der Waals surface area contributed by atoms with Crippen LogP contribution >= 0.6 is 0 Å². The molecule has 1 fully saturated rings. The van der Waals surface area contributed by atoms with Gasteiger partial charge in [0.15, 0.2) is 6.10 Å². The first-order chi connectivity index (χ1) is 7.78. The predicted molar refractivity (Wildman–Crippen MR) is 56.7 cm³/mol. The fourth-order valence-corrected chi connectivity index (χ4v) is 1.66. The van der Waals surface area contributed by atoms with Crippen LogP contribution in [0, 0.1) is 0 Å². The molecule has 2 atom stereocenters. The molecule has 2 N–H and O–H groups in total. The third-order valence-corrected chi connectivity index (χ3v) is 2.59. The number of hydrogen-bond donors (Lipinski definition) is 2. The number of hydrogen-bond acceptors (Lipinski definition) is 6. The molecular weight excluding hydrogens is 252 g/mol. The maximum absolute atomic E-state index is 11.0. The molecule has 0 aromatic carbocycles. The van der Waals surface area contributed by atoms with Crippen LogP contribution in [0.25, 0.3) is 0 Å². The van der Waals surface area contributed by atoms with Gasteiger partial charge in [0, 0.05) is 13.5 Å². The van der Waals surface area contributed by atoms with Gasteiger partial charge in [0.25, 0.3) is 10.1 Å². The van der Waals surface area contributed by atoms with Gasteiger partial charge in [-0.3, -0.25) is 8.98 Å². The van der Waals surface area contributed by atoms with Crippen LogP contribution in [-0.2, 0) is 23.8 Å². The van der Waals surface area contributed by atoms with Crippen molar-refractivity contribution in [1.29, 1.82) is 0 Å². The van der Waals surface area contributed by atoms with Crippen LogP contribution in [0.4, 0.5) is 4.79 Å². The maximum Gasteiger partial charge on any atom is 0.407 e. The Kier molecular flexibility index (Phi) is 4.29. The summed E-state index contributed by atoms with van der Waals surface area (Å²) in [5.41, 5.74) is 0. The first-order valence-electron chi connectivity index (χ1n) is 4.84. The van der Waals surface area contributed by atoms with Crippen LogP contribution in [0.5, 0.6) is 0 Å². The van der Waals surface area contributed by atoms with E-state index in [4.69, 9.17) is 4.74 Å². The fraction of sp³-hybridized carbons (Fsp3) is 0.750. The summed E-state index contributed by atoms with van der Waals surface area (Å²) in [5, 5.41) is 4.94. The van der Waals surface area contributed by atoms with Gasteiger partial charge in [-0.2, -0.15) is 8.42 Å². The zero-order chi connectivity index (χ0) is 13.1. The molecule has 17 heavy (non-hydrogen) atoms. The Morgan fingerprint density at radius 1 is 1.59 bits per heavy atom. The second-order valence-electron chi connectivity index (χ2n) is 3.62. The van der Waals surface area contributed by atoms with E-state index in [1.807, 2.05) is 0 Å². The molecule has 0 radical (unpaired) electrons. The third-order valence-electron chi connectivity index (χ3n) is 2.03. The second kappa shape index (κ2) is 5.32. The molecule has 8 nitrogen and oxygen atoms in total. The van der Waals surface area contributed by atoms with Gasteiger partial charge in [0.2, 0.25) is 5.91 Å². The SMILES string of the molecule is CC(=O)NCC1NC(=O)OC1COS(C)(=O)=O. The highest BCUT2D eigenvalue weighted by Gasteiger charge is 2.34. The Morgan fingerprint density at radius 3 is 2.76 bits per heavy atom. The van der Waals surface area contributed by atoms with Gasteiger partial charge in [-0.05, 0) is 0 Å². The van der Waals surface area contributed by atoms with Crippen molar-refractivity contribution in [2.24, 2.45) is 0 Å². The molecule has 98 valence electrons. The summed E-state index contributed by atoms with van der Waals surface area (Å²) in [7, 11) is -3.59. The summed E-state index contributed by atoms with van der Waals surface area (Å²) in [6, 6.07) is -0.506. The normalized spacial score (nSPS) is 24.0. The van der Waals surface area contributed by atoms with Crippen molar-refractivity contribution in [2.45, 2.75) is 19.1 Å². The van der Waals surface area contributed by atoms with Gasteiger partial charge in [0.05, 0.1) is 12.3 Å². The van der Waals surface area contributed by atoms with E-state index in [0.717, 1.165) is 6.26 Å². The zero-order valence-corrected chi connectivity index (χ0v) is 10.2. The van der Waals surface area contributed by atoms with Crippen LogP contribution in [-0.4, -0.2) is 52.0 Å². The molecule has 1 aliphatic rings. The molecule has 1 heterocycles. The number of alkyl carbamates (subject to hydrolysis) is 1. The predicted octanol–water partition coefficient (Wildman–Crippen LogP) is -1.42. The van der Waals surface area contributed by atoms with Crippen molar-refractivity contribution in [3.8, 4) is 0 Å². The average Bonchev–Trinajstić information content (AvgIpc) is 2.52. The van der Waals surface area contributed by atoms with E-state index in [1.54, 1.807) is 0 Å². The number of ether oxygens (including phenoxy) is 1. The third kappa shape index (κ3) is 5.00. The van der Waals surface area contributed by atoms with Gasteiger partial charge in [-0.25, -0.2) is 4.79 Å². The van der Waals surface area contributed by atoms with E-state index < -0.39 is 28.4 Å². The lowest BCUT2D eigenvalue weighted by Crippen LogP contribution is -2.44. The molecule has 1 rings (SSSR count). The van der Waals surface area contributed by atoms with Crippen molar-refractivity contribution in [3.05, 3.63) is 0 Å². The van der Waals surface area contributed by atoms with Crippen molar-refractivity contribution in [1.82, 2.24) is 10.6 Å². The fourth-order valence-electron chi connectivity index (χ4n) is 1.27. The Morgan fingerprint density at radius 2 is 2.24 bits per heavy atom. The summed E-state index contributed by atoms with van der Waals surface area (Å²) in [6.07, 6.45) is -0.508. The minimum atomic E-state index is -3.59. The van der Waals surface area contributed by atoms with E-state index in [1.165, 1.54) is 6.92 Å². The van der Waals surface area contributed by atoms with E-state index in [9.17, 15) is 18.0 Å². The molecule has 1 saturated heterocycles. The smallest absolute Gasteiger partial charge is 0.407 e. The minimum absolute atomic E-state index is 0.152. The van der Waals surface area contributed by atoms with Crippen LogP contribution in [0.2, 0.25) is 0 Å². The Balaban J connectivity index is 2.50. The van der Waals surface area contributed by atoms with E-state index in [-0.39, 0.29) is 19.1 Å². The first-order valence-corrected chi connectivity index (χ1v) is 6.65. The monoisotopic (exact) mass is 266 g/mol. The standard InChI is InChI=1S/C8H14N2O6S/c1-5(11)9-3-6-7(16-8(12)10-6)4-15-17(2,13)14/h6-7H,3-4H2,1-2H3,(H,9,11)(H,10,12). The van der Waals surface area contributed by atoms with Gasteiger partial charge in [-0.1, -0.05) is 0 Å². The Hall–Kier alpha value is -1.35. The summed E-state index contributed by atoms with van der Waals surface area (Å²) in [5.74, 6) is -0.256. The number of nitrogens with one attached hydrogen (secondary N) is 2.